The molecule has 1 aliphatic rings. The molecule has 1 heterocycles. The summed E-state index contributed by atoms with van der Waals surface area (Å²) in [5, 5.41) is 13.2. The minimum absolute atomic E-state index is 0.0383. The monoisotopic (exact) mass is 403 g/mol. The van der Waals surface area contributed by atoms with E-state index in [4.69, 9.17) is 12.2 Å². The minimum Gasteiger partial charge on any atom is -0.548 e. The molecule has 1 fully saturated rings. The maximum atomic E-state index is 12.4. The second-order valence-electron chi connectivity index (χ2n) is 5.72. The highest BCUT2D eigenvalue weighted by Gasteiger charge is 2.31. The third kappa shape index (κ3) is 6.04. The molecular formula is C19H19N2O4S2-. The Morgan fingerprint density at radius 3 is 2.67 bits per heavy atom. The molecule has 1 aromatic rings. The first-order chi connectivity index (χ1) is 12.9. The molecule has 27 heavy (non-hydrogen) atoms. The normalized spacial score (nSPS) is 16.9. The van der Waals surface area contributed by atoms with Crippen LogP contribution in [0.25, 0.3) is 6.08 Å². The number of thiocarbonyl (C=S) groups is 1. The van der Waals surface area contributed by atoms with Crippen molar-refractivity contribution < 1.29 is 19.5 Å². The van der Waals surface area contributed by atoms with Gasteiger partial charge in [-0.25, -0.2) is 0 Å². The Morgan fingerprint density at radius 2 is 2.04 bits per heavy atom. The van der Waals surface area contributed by atoms with E-state index in [0.29, 0.717) is 9.23 Å². The van der Waals surface area contributed by atoms with Gasteiger partial charge in [0.25, 0.3) is 5.91 Å². The fourth-order valence-electron chi connectivity index (χ4n) is 2.33. The molecule has 0 bridgehead atoms. The number of nitrogens with one attached hydrogen (secondary N) is 1. The molecule has 0 spiro atoms. The van der Waals surface area contributed by atoms with Crippen LogP contribution in [0, 0.1) is 0 Å². The third-order valence-corrected chi connectivity index (χ3v) is 5.20. The van der Waals surface area contributed by atoms with Gasteiger partial charge >= 0.3 is 0 Å². The van der Waals surface area contributed by atoms with Crippen molar-refractivity contribution in [3.05, 3.63) is 53.0 Å². The first-order valence-corrected chi connectivity index (χ1v) is 9.62. The van der Waals surface area contributed by atoms with Crippen LogP contribution in [-0.4, -0.2) is 39.6 Å². The van der Waals surface area contributed by atoms with Crippen molar-refractivity contribution >= 4 is 52.2 Å². The van der Waals surface area contributed by atoms with Crippen LogP contribution >= 0.6 is 24.0 Å². The number of nitrogens with zero attached hydrogens (tertiary/aromatic N) is 1. The molecule has 0 aromatic heterocycles. The number of carboxylic acids is 1. The number of rotatable bonds is 8. The summed E-state index contributed by atoms with van der Waals surface area (Å²) in [6.45, 7) is 1.73. The van der Waals surface area contributed by atoms with Gasteiger partial charge in [-0.3, -0.25) is 14.5 Å². The van der Waals surface area contributed by atoms with Gasteiger partial charge in [0.05, 0.1) is 16.9 Å². The molecule has 0 unspecified atom stereocenters. The summed E-state index contributed by atoms with van der Waals surface area (Å²) in [5.41, 5.74) is 1.01. The van der Waals surface area contributed by atoms with Crippen molar-refractivity contribution in [2.45, 2.75) is 25.8 Å². The van der Waals surface area contributed by atoms with Gasteiger partial charge in [0, 0.05) is 13.0 Å². The van der Waals surface area contributed by atoms with Crippen LogP contribution in [0.4, 0.5) is 0 Å². The standard InChI is InChI=1S/C19H20N2O4S2/c1-2-14(18(24)25)20-16(22)11-12-21-17(23)15(27-19(21)26)10-6-9-13-7-4-3-5-8-13/h3-10,14H,2,11-12H2,1H3,(H,20,22)(H,24,25)/p-1/b9-6+,15-10+/t14-/m1/s1. The fraction of sp³-hybridized carbons (Fsp3) is 0.263. The molecule has 1 N–H and O–H groups in total. The lowest BCUT2D eigenvalue weighted by Gasteiger charge is -2.19. The largest absolute Gasteiger partial charge is 0.548 e. The number of carbonyl (C=O) groups excluding carboxylic acids is 3. The first kappa shape index (κ1) is 20.9. The molecule has 1 aliphatic heterocycles. The molecule has 8 heteroatoms. The highest BCUT2D eigenvalue weighted by Crippen LogP contribution is 2.31. The van der Waals surface area contributed by atoms with Crippen LogP contribution in [0.15, 0.2) is 47.4 Å². The Bertz CT molecular complexity index is 790. The van der Waals surface area contributed by atoms with Crippen LogP contribution in [0.5, 0.6) is 0 Å². The van der Waals surface area contributed by atoms with Gasteiger partial charge in [0.15, 0.2) is 0 Å². The Balaban J connectivity index is 1.91. The molecule has 2 rings (SSSR count). The van der Waals surface area contributed by atoms with E-state index in [1.165, 1.54) is 16.7 Å². The topological polar surface area (TPSA) is 89.5 Å². The quantitative estimate of drug-likeness (QED) is 0.522. The molecule has 1 aromatic carbocycles. The van der Waals surface area contributed by atoms with Gasteiger partial charge in [-0.05, 0) is 18.1 Å². The van der Waals surface area contributed by atoms with Crippen LogP contribution in [0.3, 0.4) is 0 Å². The van der Waals surface area contributed by atoms with Crippen LogP contribution in [0.1, 0.15) is 25.3 Å². The number of aliphatic carboxylic acids is 1. The summed E-state index contributed by atoms with van der Waals surface area (Å²) in [7, 11) is 0. The summed E-state index contributed by atoms with van der Waals surface area (Å²) >= 11 is 6.38. The zero-order valence-electron chi connectivity index (χ0n) is 14.7. The zero-order valence-corrected chi connectivity index (χ0v) is 16.3. The lowest BCUT2D eigenvalue weighted by molar-refractivity contribution is -0.308. The van der Waals surface area contributed by atoms with Gasteiger partial charge in [-0.15, -0.1) is 0 Å². The molecular weight excluding hydrogens is 384 g/mol. The Kier molecular flexibility index (Phi) is 7.75. The van der Waals surface area contributed by atoms with Crippen molar-refractivity contribution in [1.29, 1.82) is 0 Å². The van der Waals surface area contributed by atoms with Crippen LogP contribution in [0.2, 0.25) is 0 Å². The number of allylic oxidation sites excluding steroid dienone is 2. The highest BCUT2D eigenvalue weighted by atomic mass is 32.2. The lowest BCUT2D eigenvalue weighted by atomic mass is 10.2. The average Bonchev–Trinajstić information content (AvgIpc) is 2.92. The Hall–Kier alpha value is -2.45. The maximum absolute atomic E-state index is 12.4. The van der Waals surface area contributed by atoms with Gasteiger partial charge < -0.3 is 15.2 Å². The maximum Gasteiger partial charge on any atom is 0.266 e. The number of thioether (sulfide) groups is 1. The molecule has 1 atom stereocenters. The summed E-state index contributed by atoms with van der Waals surface area (Å²) < 4.78 is 0.374. The zero-order chi connectivity index (χ0) is 19.8. The van der Waals surface area contributed by atoms with Crippen molar-refractivity contribution in [1.82, 2.24) is 10.2 Å². The number of benzene rings is 1. The Morgan fingerprint density at radius 1 is 1.33 bits per heavy atom. The number of amides is 2. The smallest absolute Gasteiger partial charge is 0.266 e. The molecule has 0 saturated carbocycles. The average molecular weight is 404 g/mol. The SMILES string of the molecule is CC[C@@H](NC(=O)CCN1C(=O)/C(=C\C=C\c2ccccc2)SC1=S)C(=O)[O-]. The molecule has 6 nitrogen and oxygen atoms in total. The van der Waals surface area contributed by atoms with E-state index >= 15 is 0 Å². The van der Waals surface area contributed by atoms with Crippen molar-refractivity contribution in [2.24, 2.45) is 0 Å². The van der Waals surface area contributed by atoms with E-state index in [0.717, 1.165) is 5.56 Å². The summed E-state index contributed by atoms with van der Waals surface area (Å²) in [6.07, 6.45) is 5.54. The van der Waals surface area contributed by atoms with E-state index in [9.17, 15) is 19.5 Å². The summed E-state index contributed by atoms with van der Waals surface area (Å²) in [6, 6.07) is 8.64. The van der Waals surface area contributed by atoms with E-state index in [2.05, 4.69) is 5.32 Å². The lowest BCUT2D eigenvalue weighted by Crippen LogP contribution is -2.48. The predicted octanol–water partition coefficient (Wildman–Crippen LogP) is 1.48. The molecule has 0 aliphatic carbocycles. The van der Waals surface area contributed by atoms with Crippen molar-refractivity contribution in [2.75, 3.05) is 6.54 Å². The molecule has 0 radical (unpaired) electrons. The summed E-state index contributed by atoms with van der Waals surface area (Å²) in [4.78, 5) is 37.0. The van der Waals surface area contributed by atoms with Crippen LogP contribution in [-0.2, 0) is 14.4 Å². The number of hydrogen-bond donors (Lipinski definition) is 1. The van der Waals surface area contributed by atoms with Crippen molar-refractivity contribution in [3.8, 4) is 0 Å². The van der Waals surface area contributed by atoms with Crippen LogP contribution < -0.4 is 10.4 Å². The minimum atomic E-state index is -1.33. The highest BCUT2D eigenvalue weighted by molar-refractivity contribution is 8.26. The Labute approximate surface area is 167 Å². The fourth-order valence-corrected chi connectivity index (χ4v) is 3.59. The number of carboxylic acid groups (broad SMARTS) is 1. The predicted molar refractivity (Wildman–Crippen MR) is 107 cm³/mol. The molecule has 2 amide bonds. The number of carbonyl (C=O) groups is 3. The van der Waals surface area contributed by atoms with Gasteiger partial charge in [0.2, 0.25) is 5.91 Å². The molecule has 1 saturated heterocycles. The van der Waals surface area contributed by atoms with E-state index in [-0.39, 0.29) is 25.3 Å². The number of hydrogen-bond acceptors (Lipinski definition) is 6. The van der Waals surface area contributed by atoms with Gasteiger partial charge in [-0.2, -0.15) is 0 Å². The van der Waals surface area contributed by atoms with E-state index in [1.54, 1.807) is 19.1 Å². The second-order valence-corrected chi connectivity index (χ2v) is 7.40. The van der Waals surface area contributed by atoms with Gasteiger partial charge in [0.1, 0.15) is 4.32 Å². The molecule has 142 valence electrons. The van der Waals surface area contributed by atoms with Crippen molar-refractivity contribution in [3.63, 3.8) is 0 Å². The van der Waals surface area contributed by atoms with E-state index in [1.807, 2.05) is 36.4 Å². The van der Waals surface area contributed by atoms with Gasteiger partial charge in [-0.1, -0.05) is 73.4 Å². The second kappa shape index (κ2) is 10.0. The van der Waals surface area contributed by atoms with E-state index < -0.39 is 17.9 Å². The first-order valence-electron chi connectivity index (χ1n) is 8.39. The summed E-state index contributed by atoms with van der Waals surface area (Å²) in [5.74, 6) is -2.06. The third-order valence-electron chi connectivity index (χ3n) is 3.80.